The van der Waals surface area contributed by atoms with Crippen molar-refractivity contribution in [2.45, 2.75) is 58.0 Å². The Balaban J connectivity index is 1.70. The lowest BCUT2D eigenvalue weighted by atomic mass is 9.78. The molecule has 17 heavy (non-hydrogen) atoms. The molecule has 0 spiro atoms. The van der Waals surface area contributed by atoms with Crippen molar-refractivity contribution in [2.24, 2.45) is 11.8 Å². The fraction of sp³-hybridized carbons (Fsp3) is 0.786. The molecule has 1 heterocycles. The van der Waals surface area contributed by atoms with Gasteiger partial charge in [0.1, 0.15) is 0 Å². The molecule has 94 valence electrons. The Hall–Kier alpha value is -0.990. The van der Waals surface area contributed by atoms with E-state index in [-0.39, 0.29) is 0 Å². The van der Waals surface area contributed by atoms with Crippen molar-refractivity contribution in [3.8, 4) is 0 Å². The molecule has 1 aromatic rings. The monoisotopic (exact) mass is 233 g/mol. The first-order valence-corrected chi connectivity index (χ1v) is 7.05. The Morgan fingerprint density at radius 1 is 1.24 bits per heavy atom. The van der Waals surface area contributed by atoms with E-state index < -0.39 is 0 Å². The highest BCUT2D eigenvalue weighted by molar-refractivity contribution is 5.30. The molecule has 0 amide bonds. The average molecular weight is 233 g/mol. The quantitative estimate of drug-likeness (QED) is 0.866. The van der Waals surface area contributed by atoms with Crippen LogP contribution in [-0.4, -0.2) is 15.6 Å². The molecule has 1 aromatic heterocycles. The van der Waals surface area contributed by atoms with E-state index >= 15 is 0 Å². The van der Waals surface area contributed by atoms with Gasteiger partial charge in [-0.2, -0.15) is 0 Å². The zero-order chi connectivity index (χ0) is 11.8. The van der Waals surface area contributed by atoms with Crippen LogP contribution in [0.5, 0.6) is 0 Å². The van der Waals surface area contributed by atoms with Gasteiger partial charge in [0.25, 0.3) is 0 Å². The number of nitrogens with one attached hydrogen (secondary N) is 1. The maximum absolute atomic E-state index is 4.48. The van der Waals surface area contributed by atoms with Crippen LogP contribution in [0.15, 0.2) is 12.4 Å². The summed E-state index contributed by atoms with van der Waals surface area (Å²) in [6, 6.07) is 1.33. The average Bonchev–Trinajstić information content (AvgIpc) is 3.06. The van der Waals surface area contributed by atoms with Gasteiger partial charge in [0.2, 0.25) is 5.95 Å². The molecule has 2 saturated carbocycles. The second-order valence-corrected chi connectivity index (χ2v) is 5.91. The van der Waals surface area contributed by atoms with E-state index in [2.05, 4.69) is 34.9 Å². The normalized spacial score (nSPS) is 33.6. The first kappa shape index (κ1) is 11.1. The Morgan fingerprint density at radius 3 is 2.82 bits per heavy atom. The first-order valence-electron chi connectivity index (χ1n) is 7.05. The van der Waals surface area contributed by atoms with E-state index in [1.165, 1.54) is 32.1 Å². The Bertz CT molecular complexity index is 381. The molecule has 0 saturated heterocycles. The van der Waals surface area contributed by atoms with E-state index in [0.717, 1.165) is 23.8 Å². The summed E-state index contributed by atoms with van der Waals surface area (Å²) in [5, 5.41) is 3.68. The van der Waals surface area contributed by atoms with Crippen LogP contribution in [0.3, 0.4) is 0 Å². The van der Waals surface area contributed by atoms with Gasteiger partial charge in [-0.1, -0.05) is 26.7 Å². The molecule has 0 aliphatic heterocycles. The summed E-state index contributed by atoms with van der Waals surface area (Å²) < 4.78 is 2.33. The topological polar surface area (TPSA) is 29.9 Å². The molecular weight excluding hydrogens is 210 g/mol. The predicted octanol–water partition coefficient (Wildman–Crippen LogP) is 3.45. The van der Waals surface area contributed by atoms with E-state index in [0.29, 0.717) is 6.04 Å². The Morgan fingerprint density at radius 2 is 2.06 bits per heavy atom. The summed E-state index contributed by atoms with van der Waals surface area (Å²) >= 11 is 0. The van der Waals surface area contributed by atoms with Gasteiger partial charge in [-0.3, -0.25) is 0 Å². The van der Waals surface area contributed by atoms with Crippen molar-refractivity contribution in [2.75, 3.05) is 5.32 Å². The van der Waals surface area contributed by atoms with Crippen LogP contribution in [0, 0.1) is 11.8 Å². The zero-order valence-corrected chi connectivity index (χ0v) is 10.9. The van der Waals surface area contributed by atoms with E-state index in [4.69, 9.17) is 0 Å². The molecule has 3 nitrogen and oxygen atoms in total. The van der Waals surface area contributed by atoms with Crippen LogP contribution >= 0.6 is 0 Å². The molecule has 3 unspecified atom stereocenters. The summed E-state index contributed by atoms with van der Waals surface area (Å²) in [4.78, 5) is 4.48. The summed E-state index contributed by atoms with van der Waals surface area (Å²) in [5.74, 6) is 2.69. The fourth-order valence-corrected chi connectivity index (χ4v) is 3.02. The standard InChI is InChI=1S/C14H23N3/c1-10-4-3-5-13(11(10)2)16-14-15-8-9-17(14)12-6-7-12/h8-13H,3-7H2,1-2H3,(H,15,16). The molecule has 3 atom stereocenters. The van der Waals surface area contributed by atoms with Crippen LogP contribution < -0.4 is 5.32 Å². The highest BCUT2D eigenvalue weighted by Crippen LogP contribution is 2.38. The molecule has 0 bridgehead atoms. The molecule has 1 N–H and O–H groups in total. The molecule has 3 heteroatoms. The SMILES string of the molecule is CC1CCCC(Nc2nccn2C2CC2)C1C. The third-order valence-corrected chi connectivity index (χ3v) is 4.63. The minimum Gasteiger partial charge on any atom is -0.353 e. The second-order valence-electron chi connectivity index (χ2n) is 5.91. The third-order valence-electron chi connectivity index (χ3n) is 4.63. The Kier molecular flexibility index (Phi) is 2.85. The number of rotatable bonds is 3. The van der Waals surface area contributed by atoms with Crippen molar-refractivity contribution in [1.29, 1.82) is 0 Å². The van der Waals surface area contributed by atoms with Crippen molar-refractivity contribution < 1.29 is 0 Å². The number of imidazole rings is 1. The Labute approximate surface area is 104 Å². The summed E-state index contributed by atoms with van der Waals surface area (Å²) in [6.45, 7) is 4.76. The third kappa shape index (κ3) is 2.20. The van der Waals surface area contributed by atoms with Gasteiger partial charge in [0.05, 0.1) is 0 Å². The largest absolute Gasteiger partial charge is 0.353 e. The highest BCUT2D eigenvalue weighted by Gasteiger charge is 2.30. The number of anilines is 1. The minimum absolute atomic E-state index is 0.610. The minimum atomic E-state index is 0.610. The second kappa shape index (κ2) is 4.35. The molecule has 3 rings (SSSR count). The first-order chi connectivity index (χ1) is 8.25. The smallest absolute Gasteiger partial charge is 0.203 e. The number of aromatic nitrogens is 2. The molecule has 0 aromatic carbocycles. The molecular formula is C14H23N3. The lowest BCUT2D eigenvalue weighted by Crippen LogP contribution is -2.35. The molecule has 2 aliphatic carbocycles. The molecule has 2 aliphatic rings. The van der Waals surface area contributed by atoms with Crippen LogP contribution in [0.1, 0.15) is 52.0 Å². The van der Waals surface area contributed by atoms with Crippen LogP contribution in [0.2, 0.25) is 0 Å². The van der Waals surface area contributed by atoms with Crippen LogP contribution in [0.4, 0.5) is 5.95 Å². The van der Waals surface area contributed by atoms with Crippen LogP contribution in [-0.2, 0) is 0 Å². The van der Waals surface area contributed by atoms with Gasteiger partial charge < -0.3 is 9.88 Å². The van der Waals surface area contributed by atoms with Gasteiger partial charge in [0, 0.05) is 24.5 Å². The van der Waals surface area contributed by atoms with Gasteiger partial charge in [-0.05, 0) is 31.1 Å². The van der Waals surface area contributed by atoms with Crippen LogP contribution in [0.25, 0.3) is 0 Å². The number of hydrogen-bond donors (Lipinski definition) is 1. The number of nitrogens with zero attached hydrogens (tertiary/aromatic N) is 2. The highest BCUT2D eigenvalue weighted by atomic mass is 15.2. The van der Waals surface area contributed by atoms with Gasteiger partial charge in [-0.25, -0.2) is 4.98 Å². The van der Waals surface area contributed by atoms with Crippen molar-refractivity contribution >= 4 is 5.95 Å². The van der Waals surface area contributed by atoms with Gasteiger partial charge in [0.15, 0.2) is 0 Å². The maximum Gasteiger partial charge on any atom is 0.203 e. The fourth-order valence-electron chi connectivity index (χ4n) is 3.02. The summed E-state index contributed by atoms with van der Waals surface area (Å²) in [6.07, 6.45) is 10.7. The molecule has 0 radical (unpaired) electrons. The zero-order valence-electron chi connectivity index (χ0n) is 10.9. The van der Waals surface area contributed by atoms with Crippen molar-refractivity contribution in [1.82, 2.24) is 9.55 Å². The van der Waals surface area contributed by atoms with Crippen molar-refractivity contribution in [3.05, 3.63) is 12.4 Å². The van der Waals surface area contributed by atoms with E-state index in [1.807, 2.05) is 6.20 Å². The molecule has 2 fully saturated rings. The maximum atomic E-state index is 4.48. The lowest BCUT2D eigenvalue weighted by Gasteiger charge is -2.35. The van der Waals surface area contributed by atoms with E-state index in [9.17, 15) is 0 Å². The summed E-state index contributed by atoms with van der Waals surface area (Å²) in [7, 11) is 0. The summed E-state index contributed by atoms with van der Waals surface area (Å²) in [5.41, 5.74) is 0. The van der Waals surface area contributed by atoms with Gasteiger partial charge in [-0.15, -0.1) is 0 Å². The predicted molar refractivity (Wildman–Crippen MR) is 70.1 cm³/mol. The van der Waals surface area contributed by atoms with Crippen molar-refractivity contribution in [3.63, 3.8) is 0 Å². The lowest BCUT2D eigenvalue weighted by molar-refractivity contribution is 0.252. The van der Waals surface area contributed by atoms with E-state index in [1.54, 1.807) is 0 Å². The van der Waals surface area contributed by atoms with Gasteiger partial charge >= 0.3 is 0 Å². The number of hydrogen-bond acceptors (Lipinski definition) is 2.